The molecule has 0 saturated carbocycles. The van der Waals surface area contributed by atoms with E-state index in [4.69, 9.17) is 9.15 Å². The molecule has 1 fully saturated rings. The molecule has 0 bridgehead atoms. The van der Waals surface area contributed by atoms with Crippen LogP contribution in [0.1, 0.15) is 17.4 Å². The molecule has 2 aromatic heterocycles. The predicted octanol–water partition coefficient (Wildman–Crippen LogP) is 0.581. The number of methoxy groups -OCH3 is 1. The molecule has 7 heteroatoms. The molecular formula is C13H16N4O3. The van der Waals surface area contributed by atoms with Crippen molar-refractivity contribution < 1.29 is 13.9 Å². The topological polar surface area (TPSA) is 84.2 Å². The molecule has 1 saturated heterocycles. The summed E-state index contributed by atoms with van der Waals surface area (Å²) < 4.78 is 10.7. The second-order valence-corrected chi connectivity index (χ2v) is 4.83. The Morgan fingerprint density at radius 3 is 3.15 bits per heavy atom. The summed E-state index contributed by atoms with van der Waals surface area (Å²) in [6, 6.07) is 3.58. The van der Waals surface area contributed by atoms with Crippen molar-refractivity contribution in [2.24, 2.45) is 0 Å². The summed E-state index contributed by atoms with van der Waals surface area (Å²) in [6.07, 6.45) is 3.47. The summed E-state index contributed by atoms with van der Waals surface area (Å²) in [5, 5.41) is 10.5. The molecular weight excluding hydrogens is 260 g/mol. The van der Waals surface area contributed by atoms with Crippen LogP contribution in [0, 0.1) is 0 Å². The number of carbonyl (C=O) groups is 1. The normalized spacial score (nSPS) is 22.4. The Bertz CT molecular complexity index is 552. The van der Waals surface area contributed by atoms with Crippen molar-refractivity contribution in [3.8, 4) is 0 Å². The van der Waals surface area contributed by atoms with E-state index >= 15 is 0 Å². The molecule has 0 spiro atoms. The van der Waals surface area contributed by atoms with E-state index in [0.29, 0.717) is 18.8 Å². The van der Waals surface area contributed by atoms with E-state index in [1.807, 2.05) is 0 Å². The molecule has 7 nitrogen and oxygen atoms in total. The standard InChI is InChI=1S/C13H16N4O3/c1-19-12-8-17(7-10(12)11-6-14-16-15-11)13(18)5-9-3-2-4-20-9/h2-4,6,10,12H,5,7-8H2,1H3,(H,14,15,16)/t10-,12+/m0/s1. The summed E-state index contributed by atoms with van der Waals surface area (Å²) in [4.78, 5) is 14.0. The van der Waals surface area contributed by atoms with Crippen molar-refractivity contribution in [3.63, 3.8) is 0 Å². The van der Waals surface area contributed by atoms with Gasteiger partial charge >= 0.3 is 0 Å². The number of nitrogens with one attached hydrogen (secondary N) is 1. The first kappa shape index (κ1) is 12.9. The Kier molecular flexibility index (Phi) is 3.51. The average Bonchev–Trinajstić information content (AvgIpc) is 3.19. The maximum atomic E-state index is 12.3. The van der Waals surface area contributed by atoms with E-state index in [1.165, 1.54) is 0 Å². The highest BCUT2D eigenvalue weighted by molar-refractivity contribution is 5.78. The fourth-order valence-electron chi connectivity index (χ4n) is 2.56. The summed E-state index contributed by atoms with van der Waals surface area (Å²) in [7, 11) is 1.65. The molecule has 0 aliphatic carbocycles. The molecule has 2 aromatic rings. The zero-order valence-electron chi connectivity index (χ0n) is 11.2. The van der Waals surface area contributed by atoms with Crippen molar-refractivity contribution in [2.45, 2.75) is 18.4 Å². The number of rotatable bonds is 4. The number of amides is 1. The van der Waals surface area contributed by atoms with Crippen LogP contribution >= 0.6 is 0 Å². The second-order valence-electron chi connectivity index (χ2n) is 4.83. The van der Waals surface area contributed by atoms with Gasteiger partial charge in [-0.3, -0.25) is 4.79 Å². The first-order valence-corrected chi connectivity index (χ1v) is 6.46. The number of furan rings is 1. The van der Waals surface area contributed by atoms with Crippen LogP contribution in [0.2, 0.25) is 0 Å². The number of H-pyrrole nitrogens is 1. The lowest BCUT2D eigenvalue weighted by Gasteiger charge is -2.14. The summed E-state index contributed by atoms with van der Waals surface area (Å²) in [5.74, 6) is 0.765. The van der Waals surface area contributed by atoms with Crippen molar-refractivity contribution in [1.29, 1.82) is 0 Å². The lowest BCUT2D eigenvalue weighted by molar-refractivity contribution is -0.130. The Labute approximate surface area is 115 Å². The highest BCUT2D eigenvalue weighted by Gasteiger charge is 2.37. The van der Waals surface area contributed by atoms with Crippen molar-refractivity contribution in [3.05, 3.63) is 36.0 Å². The molecule has 0 radical (unpaired) electrons. The lowest BCUT2D eigenvalue weighted by Crippen LogP contribution is -2.31. The molecule has 3 heterocycles. The molecule has 1 aliphatic heterocycles. The fourth-order valence-corrected chi connectivity index (χ4v) is 2.56. The third-order valence-electron chi connectivity index (χ3n) is 3.64. The van der Waals surface area contributed by atoms with E-state index in [-0.39, 0.29) is 24.3 Å². The van der Waals surface area contributed by atoms with Gasteiger partial charge in [-0.05, 0) is 12.1 Å². The molecule has 0 unspecified atom stereocenters. The number of aromatic amines is 1. The largest absolute Gasteiger partial charge is 0.469 e. The van der Waals surface area contributed by atoms with Gasteiger partial charge in [0.05, 0.1) is 36.6 Å². The Morgan fingerprint density at radius 2 is 2.50 bits per heavy atom. The zero-order valence-corrected chi connectivity index (χ0v) is 11.2. The van der Waals surface area contributed by atoms with E-state index in [1.54, 1.807) is 36.6 Å². The van der Waals surface area contributed by atoms with Crippen molar-refractivity contribution in [1.82, 2.24) is 20.3 Å². The minimum Gasteiger partial charge on any atom is -0.469 e. The van der Waals surface area contributed by atoms with Gasteiger partial charge in [0.15, 0.2) is 0 Å². The SMILES string of the molecule is CO[C@@H]1CN(C(=O)Cc2ccco2)C[C@H]1c1cn[nH]n1. The summed E-state index contributed by atoms with van der Waals surface area (Å²) in [6.45, 7) is 1.15. The first-order chi connectivity index (χ1) is 9.78. The first-order valence-electron chi connectivity index (χ1n) is 6.46. The number of hydrogen-bond donors (Lipinski definition) is 1. The number of aromatic nitrogens is 3. The van der Waals surface area contributed by atoms with Gasteiger partial charge in [0.2, 0.25) is 5.91 Å². The molecule has 3 rings (SSSR count). The molecule has 106 valence electrons. The number of carbonyl (C=O) groups excluding carboxylic acids is 1. The van der Waals surface area contributed by atoms with Crippen LogP contribution in [0.5, 0.6) is 0 Å². The van der Waals surface area contributed by atoms with E-state index in [9.17, 15) is 4.79 Å². The zero-order chi connectivity index (χ0) is 13.9. The van der Waals surface area contributed by atoms with Crippen molar-refractivity contribution in [2.75, 3.05) is 20.2 Å². The van der Waals surface area contributed by atoms with Crippen LogP contribution in [0.15, 0.2) is 29.0 Å². The Morgan fingerprint density at radius 1 is 1.60 bits per heavy atom. The van der Waals surface area contributed by atoms with Crippen molar-refractivity contribution >= 4 is 5.91 Å². The van der Waals surface area contributed by atoms with Crippen LogP contribution in [0.4, 0.5) is 0 Å². The summed E-state index contributed by atoms with van der Waals surface area (Å²) >= 11 is 0. The van der Waals surface area contributed by atoms with Gasteiger partial charge < -0.3 is 14.1 Å². The number of nitrogens with zero attached hydrogens (tertiary/aromatic N) is 3. The maximum Gasteiger partial charge on any atom is 0.230 e. The van der Waals surface area contributed by atoms with Crippen LogP contribution < -0.4 is 0 Å². The van der Waals surface area contributed by atoms with E-state index in [2.05, 4.69) is 15.4 Å². The van der Waals surface area contributed by atoms with Gasteiger partial charge in [-0.1, -0.05) is 0 Å². The van der Waals surface area contributed by atoms with Gasteiger partial charge in [0.1, 0.15) is 5.76 Å². The van der Waals surface area contributed by atoms with E-state index < -0.39 is 0 Å². The minimum absolute atomic E-state index is 0.0352. The predicted molar refractivity (Wildman–Crippen MR) is 68.9 cm³/mol. The number of ether oxygens (including phenoxy) is 1. The molecule has 1 aliphatic rings. The fraction of sp³-hybridized carbons (Fsp3) is 0.462. The van der Waals surface area contributed by atoms with Gasteiger partial charge in [0.25, 0.3) is 0 Å². The quantitative estimate of drug-likeness (QED) is 0.883. The molecule has 1 amide bonds. The Balaban J connectivity index is 1.68. The third kappa shape index (κ3) is 2.44. The van der Waals surface area contributed by atoms with Crippen LogP contribution in [-0.2, 0) is 16.0 Å². The minimum atomic E-state index is -0.0550. The molecule has 2 atom stereocenters. The maximum absolute atomic E-state index is 12.3. The summed E-state index contributed by atoms with van der Waals surface area (Å²) in [5.41, 5.74) is 0.824. The van der Waals surface area contributed by atoms with Crippen LogP contribution in [-0.4, -0.2) is 52.5 Å². The van der Waals surface area contributed by atoms with Crippen LogP contribution in [0.25, 0.3) is 0 Å². The number of hydrogen-bond acceptors (Lipinski definition) is 5. The van der Waals surface area contributed by atoms with E-state index in [0.717, 1.165) is 5.69 Å². The number of likely N-dealkylation sites (tertiary alicyclic amines) is 1. The van der Waals surface area contributed by atoms with Crippen LogP contribution in [0.3, 0.4) is 0 Å². The smallest absolute Gasteiger partial charge is 0.230 e. The van der Waals surface area contributed by atoms with Gasteiger partial charge in [-0.25, -0.2) is 0 Å². The Hall–Kier alpha value is -2.15. The monoisotopic (exact) mass is 276 g/mol. The molecule has 1 N–H and O–H groups in total. The third-order valence-corrected chi connectivity index (χ3v) is 3.64. The molecule has 20 heavy (non-hydrogen) atoms. The average molecular weight is 276 g/mol. The van der Waals surface area contributed by atoms with Gasteiger partial charge in [-0.2, -0.15) is 15.4 Å². The van der Waals surface area contributed by atoms with Gasteiger partial charge in [-0.15, -0.1) is 0 Å². The molecule has 0 aromatic carbocycles. The lowest BCUT2D eigenvalue weighted by atomic mass is 10.0. The highest BCUT2D eigenvalue weighted by atomic mass is 16.5. The van der Waals surface area contributed by atoms with Gasteiger partial charge in [0, 0.05) is 20.2 Å². The highest BCUT2D eigenvalue weighted by Crippen LogP contribution is 2.28. The second kappa shape index (κ2) is 5.46.